The third-order valence-corrected chi connectivity index (χ3v) is 3.47. The Morgan fingerprint density at radius 2 is 2.04 bits per heavy atom. The van der Waals surface area contributed by atoms with E-state index in [2.05, 4.69) is 19.9 Å². The molecular formula is C19H21N5O2. The number of aromatic nitrogens is 4. The molecule has 0 unspecified atom stereocenters. The number of pyridine rings is 1. The molecule has 3 aromatic heterocycles. The van der Waals surface area contributed by atoms with Crippen molar-refractivity contribution in [2.24, 2.45) is 5.73 Å². The van der Waals surface area contributed by atoms with Gasteiger partial charge in [0.15, 0.2) is 5.65 Å². The van der Waals surface area contributed by atoms with E-state index in [1.165, 1.54) is 6.08 Å². The van der Waals surface area contributed by atoms with Crippen molar-refractivity contribution in [3.8, 4) is 17.1 Å². The number of hydrogen-bond donors (Lipinski definition) is 2. The summed E-state index contributed by atoms with van der Waals surface area (Å²) in [7, 11) is 0. The van der Waals surface area contributed by atoms with Gasteiger partial charge in [-0.15, -0.1) is 0 Å². The molecule has 3 heterocycles. The number of nitrogens with one attached hydrogen (secondary N) is 1. The van der Waals surface area contributed by atoms with Crippen molar-refractivity contribution in [2.75, 3.05) is 0 Å². The molecule has 134 valence electrons. The van der Waals surface area contributed by atoms with E-state index in [4.69, 9.17) is 10.5 Å². The van der Waals surface area contributed by atoms with E-state index < -0.39 is 5.91 Å². The predicted octanol–water partition coefficient (Wildman–Crippen LogP) is 3.00. The molecule has 0 aliphatic heterocycles. The summed E-state index contributed by atoms with van der Waals surface area (Å²) in [5.41, 5.74) is 9.23. The molecule has 26 heavy (non-hydrogen) atoms. The Labute approximate surface area is 151 Å². The molecule has 7 nitrogen and oxygen atoms in total. The van der Waals surface area contributed by atoms with Crippen LogP contribution in [0.15, 0.2) is 30.6 Å². The number of amides is 1. The summed E-state index contributed by atoms with van der Waals surface area (Å²) in [4.78, 5) is 27.5. The normalized spacial score (nSPS) is 12.0. The van der Waals surface area contributed by atoms with Gasteiger partial charge in [0.1, 0.15) is 11.1 Å². The standard InChI is InChI=1S/C19H21N5O2/c1-11-7-13(8-16(23-11)26-19(2,3)4)14-10-22-18-17(24-14)12(9-21-18)5-6-15(20)25/h5-10H,1-4H3,(H2,20,25)(H,21,22)/b6-5+. The number of primary amides is 1. The topological polar surface area (TPSA) is 107 Å². The van der Waals surface area contributed by atoms with E-state index in [1.54, 1.807) is 18.5 Å². The maximum Gasteiger partial charge on any atom is 0.241 e. The number of aryl methyl sites for hydroxylation is 1. The molecule has 0 bridgehead atoms. The minimum absolute atomic E-state index is 0.346. The van der Waals surface area contributed by atoms with E-state index in [9.17, 15) is 4.79 Å². The van der Waals surface area contributed by atoms with Crippen molar-refractivity contribution >= 4 is 23.1 Å². The number of carbonyl (C=O) groups excluding carboxylic acids is 1. The monoisotopic (exact) mass is 351 g/mol. The second kappa shape index (κ2) is 6.59. The van der Waals surface area contributed by atoms with Gasteiger partial charge in [0, 0.05) is 35.2 Å². The lowest BCUT2D eigenvalue weighted by Crippen LogP contribution is -2.23. The van der Waals surface area contributed by atoms with Gasteiger partial charge in [-0.3, -0.25) is 4.79 Å². The quantitative estimate of drug-likeness (QED) is 0.703. The van der Waals surface area contributed by atoms with E-state index in [1.807, 2.05) is 39.8 Å². The highest BCUT2D eigenvalue weighted by Gasteiger charge is 2.15. The number of rotatable bonds is 4. The molecule has 0 atom stereocenters. The van der Waals surface area contributed by atoms with Crippen LogP contribution in [0.25, 0.3) is 28.5 Å². The zero-order valence-electron chi connectivity index (χ0n) is 15.2. The average Bonchev–Trinajstić information content (AvgIpc) is 2.92. The molecule has 3 aromatic rings. The van der Waals surface area contributed by atoms with Crippen molar-refractivity contribution in [3.63, 3.8) is 0 Å². The molecular weight excluding hydrogens is 330 g/mol. The second-order valence-electron chi connectivity index (χ2n) is 6.98. The summed E-state index contributed by atoms with van der Waals surface area (Å²) in [6.45, 7) is 7.82. The van der Waals surface area contributed by atoms with Gasteiger partial charge in [-0.1, -0.05) is 0 Å². The van der Waals surface area contributed by atoms with E-state index in [0.717, 1.165) is 16.8 Å². The van der Waals surface area contributed by atoms with Gasteiger partial charge in [0.25, 0.3) is 0 Å². The first-order valence-corrected chi connectivity index (χ1v) is 8.21. The van der Waals surface area contributed by atoms with Gasteiger partial charge in [0.2, 0.25) is 11.8 Å². The Hall–Kier alpha value is -3.22. The van der Waals surface area contributed by atoms with Crippen LogP contribution >= 0.6 is 0 Å². The lowest BCUT2D eigenvalue weighted by molar-refractivity contribution is -0.113. The first-order chi connectivity index (χ1) is 12.2. The summed E-state index contributed by atoms with van der Waals surface area (Å²) in [6, 6.07) is 3.77. The SMILES string of the molecule is Cc1cc(-c2cnc3[nH]cc(/C=C/C(N)=O)c3n2)cc(OC(C)(C)C)n1. The Morgan fingerprint density at radius 1 is 1.27 bits per heavy atom. The Morgan fingerprint density at radius 3 is 2.73 bits per heavy atom. The third-order valence-electron chi connectivity index (χ3n) is 3.47. The van der Waals surface area contributed by atoms with Crippen LogP contribution in [0.2, 0.25) is 0 Å². The minimum Gasteiger partial charge on any atom is -0.472 e. The van der Waals surface area contributed by atoms with Crippen molar-refractivity contribution in [1.29, 1.82) is 0 Å². The molecule has 0 radical (unpaired) electrons. The van der Waals surface area contributed by atoms with Crippen molar-refractivity contribution in [3.05, 3.63) is 41.9 Å². The van der Waals surface area contributed by atoms with Gasteiger partial charge in [-0.05, 0) is 39.8 Å². The highest BCUT2D eigenvalue weighted by Crippen LogP contribution is 2.26. The summed E-state index contributed by atoms with van der Waals surface area (Å²) in [5, 5.41) is 0. The van der Waals surface area contributed by atoms with E-state index in [0.29, 0.717) is 22.7 Å². The van der Waals surface area contributed by atoms with Crippen LogP contribution in [0.3, 0.4) is 0 Å². The molecule has 0 fully saturated rings. The number of carbonyl (C=O) groups is 1. The molecule has 0 saturated carbocycles. The van der Waals surface area contributed by atoms with Crippen LogP contribution in [0.4, 0.5) is 0 Å². The highest BCUT2D eigenvalue weighted by molar-refractivity contribution is 5.93. The first kappa shape index (κ1) is 17.6. The lowest BCUT2D eigenvalue weighted by Gasteiger charge is -2.21. The number of fused-ring (bicyclic) bond motifs is 1. The van der Waals surface area contributed by atoms with Gasteiger partial charge in [-0.2, -0.15) is 0 Å². The molecule has 7 heteroatoms. The maximum absolute atomic E-state index is 11.0. The van der Waals surface area contributed by atoms with E-state index >= 15 is 0 Å². The van der Waals surface area contributed by atoms with Gasteiger partial charge < -0.3 is 15.5 Å². The molecule has 3 rings (SSSR count). The largest absolute Gasteiger partial charge is 0.472 e. The number of H-pyrrole nitrogens is 1. The minimum atomic E-state index is -0.516. The summed E-state index contributed by atoms with van der Waals surface area (Å²) >= 11 is 0. The third kappa shape index (κ3) is 4.05. The number of nitrogens with zero attached hydrogens (tertiary/aromatic N) is 3. The number of hydrogen-bond acceptors (Lipinski definition) is 5. The molecule has 1 amide bonds. The molecule has 0 aliphatic rings. The van der Waals surface area contributed by atoms with Crippen molar-refractivity contribution in [2.45, 2.75) is 33.3 Å². The van der Waals surface area contributed by atoms with Crippen LogP contribution in [0.5, 0.6) is 5.88 Å². The smallest absolute Gasteiger partial charge is 0.241 e. The zero-order chi connectivity index (χ0) is 18.9. The molecule has 0 saturated heterocycles. The fourth-order valence-corrected chi connectivity index (χ4v) is 2.50. The first-order valence-electron chi connectivity index (χ1n) is 8.21. The van der Waals surface area contributed by atoms with E-state index in [-0.39, 0.29) is 5.60 Å². The summed E-state index contributed by atoms with van der Waals surface area (Å²) in [5.74, 6) is 0.0227. The number of nitrogens with two attached hydrogens (primary N) is 1. The fraction of sp³-hybridized carbons (Fsp3) is 0.263. The molecule has 3 N–H and O–H groups in total. The zero-order valence-corrected chi connectivity index (χ0v) is 15.2. The van der Waals surface area contributed by atoms with Crippen LogP contribution in [0.1, 0.15) is 32.0 Å². The number of ether oxygens (including phenoxy) is 1. The van der Waals surface area contributed by atoms with Crippen LogP contribution < -0.4 is 10.5 Å². The molecule has 0 aliphatic carbocycles. The predicted molar refractivity (Wildman–Crippen MR) is 100 cm³/mol. The fourth-order valence-electron chi connectivity index (χ4n) is 2.50. The summed E-state index contributed by atoms with van der Waals surface area (Å²) in [6.07, 6.45) is 6.34. The maximum atomic E-state index is 11.0. The highest BCUT2D eigenvalue weighted by atomic mass is 16.5. The van der Waals surface area contributed by atoms with Crippen molar-refractivity contribution in [1.82, 2.24) is 19.9 Å². The van der Waals surface area contributed by atoms with Crippen LogP contribution in [0, 0.1) is 6.92 Å². The lowest BCUT2D eigenvalue weighted by atomic mass is 10.1. The summed E-state index contributed by atoms with van der Waals surface area (Å²) < 4.78 is 5.88. The second-order valence-corrected chi connectivity index (χ2v) is 6.98. The van der Waals surface area contributed by atoms with Gasteiger partial charge >= 0.3 is 0 Å². The number of aromatic amines is 1. The van der Waals surface area contributed by atoms with Crippen LogP contribution in [-0.2, 0) is 4.79 Å². The average molecular weight is 351 g/mol. The van der Waals surface area contributed by atoms with Gasteiger partial charge in [0.05, 0.1) is 11.9 Å². The van der Waals surface area contributed by atoms with Gasteiger partial charge in [-0.25, -0.2) is 15.0 Å². The Balaban J connectivity index is 2.05. The van der Waals surface area contributed by atoms with Crippen molar-refractivity contribution < 1.29 is 9.53 Å². The molecule has 0 aromatic carbocycles. The Kier molecular flexibility index (Phi) is 4.46. The van der Waals surface area contributed by atoms with Crippen LogP contribution in [-0.4, -0.2) is 31.4 Å². The Bertz CT molecular complexity index is 999. The molecule has 0 spiro atoms.